The van der Waals surface area contributed by atoms with Crippen molar-refractivity contribution in [1.29, 1.82) is 0 Å². The minimum Gasteiger partial charge on any atom is -0.497 e. The minimum atomic E-state index is -0.701. The fourth-order valence-corrected chi connectivity index (χ4v) is 5.78. The van der Waals surface area contributed by atoms with Crippen molar-refractivity contribution in [1.82, 2.24) is 14.9 Å². The molecule has 1 N–H and O–H groups in total. The van der Waals surface area contributed by atoms with E-state index in [1.165, 1.54) is 5.56 Å². The molecule has 0 amide bonds. The highest BCUT2D eigenvalue weighted by Gasteiger charge is 2.29. The van der Waals surface area contributed by atoms with E-state index in [2.05, 4.69) is 27.0 Å². The fraction of sp³-hybridized carbons (Fsp3) is 0.500. The van der Waals surface area contributed by atoms with E-state index in [4.69, 9.17) is 9.15 Å². The van der Waals surface area contributed by atoms with Gasteiger partial charge in [-0.05, 0) is 80.3 Å². The van der Waals surface area contributed by atoms with Crippen LogP contribution in [0.3, 0.4) is 0 Å². The van der Waals surface area contributed by atoms with Crippen LogP contribution in [0, 0.1) is 11.8 Å². The molecule has 4 rings (SSSR count). The summed E-state index contributed by atoms with van der Waals surface area (Å²) >= 11 is 1.63. The van der Waals surface area contributed by atoms with E-state index in [9.17, 15) is 9.90 Å². The van der Waals surface area contributed by atoms with Gasteiger partial charge in [-0.1, -0.05) is 11.8 Å². The third kappa shape index (κ3) is 6.73. The molecule has 7 nitrogen and oxygen atoms in total. The third-order valence-electron chi connectivity index (χ3n) is 6.81. The van der Waals surface area contributed by atoms with Crippen molar-refractivity contribution in [3.05, 3.63) is 48.5 Å². The lowest BCUT2D eigenvalue weighted by atomic mass is 9.79. The molecule has 0 saturated carbocycles. The van der Waals surface area contributed by atoms with Crippen LogP contribution in [0.4, 0.5) is 0 Å². The molecule has 0 spiro atoms. The van der Waals surface area contributed by atoms with Crippen molar-refractivity contribution < 1.29 is 19.1 Å². The molecule has 1 aliphatic heterocycles. The Hall–Kier alpha value is -2.58. The van der Waals surface area contributed by atoms with Crippen molar-refractivity contribution >= 4 is 28.6 Å². The van der Waals surface area contributed by atoms with E-state index in [0.717, 1.165) is 74.1 Å². The molecule has 3 heterocycles. The van der Waals surface area contributed by atoms with Gasteiger partial charge in [0.25, 0.3) is 5.22 Å². The Kier molecular flexibility index (Phi) is 8.82. The summed E-state index contributed by atoms with van der Waals surface area (Å²) in [7, 11) is 1.69. The Morgan fingerprint density at radius 1 is 1.24 bits per heavy atom. The van der Waals surface area contributed by atoms with Gasteiger partial charge in [0.15, 0.2) is 0 Å². The zero-order valence-electron chi connectivity index (χ0n) is 19.7. The molecule has 1 fully saturated rings. The van der Waals surface area contributed by atoms with Crippen molar-refractivity contribution in [3.8, 4) is 5.75 Å². The van der Waals surface area contributed by atoms with Gasteiger partial charge in [0.1, 0.15) is 12.0 Å². The number of carboxylic acids is 1. The number of ether oxygens (including phenoxy) is 1. The Morgan fingerprint density at radius 2 is 2.15 bits per heavy atom. The maximum atomic E-state index is 11.3. The molecule has 2 atom stereocenters. The predicted molar refractivity (Wildman–Crippen MR) is 133 cm³/mol. The Labute approximate surface area is 204 Å². The van der Waals surface area contributed by atoms with Crippen molar-refractivity contribution in [2.45, 2.75) is 43.7 Å². The largest absolute Gasteiger partial charge is 0.497 e. The molecule has 8 heteroatoms. The number of thioether (sulfide) groups is 1. The molecule has 182 valence electrons. The van der Waals surface area contributed by atoms with Crippen LogP contribution in [0.2, 0.25) is 0 Å². The van der Waals surface area contributed by atoms with Gasteiger partial charge in [0, 0.05) is 36.8 Å². The molecule has 2 unspecified atom stereocenters. The van der Waals surface area contributed by atoms with Gasteiger partial charge in [0.05, 0.1) is 18.8 Å². The second-order valence-electron chi connectivity index (χ2n) is 8.93. The number of piperidine rings is 1. The number of fused-ring (bicyclic) bond motifs is 1. The summed E-state index contributed by atoms with van der Waals surface area (Å²) < 4.78 is 10.7. The van der Waals surface area contributed by atoms with Crippen molar-refractivity contribution in [3.63, 3.8) is 0 Å². The number of carboxylic acid groups (broad SMARTS) is 1. The van der Waals surface area contributed by atoms with Crippen LogP contribution in [-0.4, -0.2) is 58.4 Å². The van der Waals surface area contributed by atoms with Crippen LogP contribution in [0.15, 0.2) is 52.6 Å². The number of hydrogen-bond acceptors (Lipinski definition) is 7. The zero-order chi connectivity index (χ0) is 23.8. The molecule has 2 aromatic heterocycles. The summed E-state index contributed by atoms with van der Waals surface area (Å²) in [6.45, 7) is 3.00. The van der Waals surface area contributed by atoms with Gasteiger partial charge >= 0.3 is 5.97 Å². The summed E-state index contributed by atoms with van der Waals surface area (Å²) in [4.78, 5) is 22.4. The maximum absolute atomic E-state index is 11.3. The molecular formula is C26H33N3O4S. The average Bonchev–Trinajstić information content (AvgIpc) is 3.37. The van der Waals surface area contributed by atoms with Gasteiger partial charge < -0.3 is 19.2 Å². The van der Waals surface area contributed by atoms with E-state index in [1.807, 2.05) is 18.3 Å². The summed E-state index contributed by atoms with van der Waals surface area (Å²) in [6, 6.07) is 8.14. The van der Waals surface area contributed by atoms with Gasteiger partial charge in [-0.15, -0.1) is 0 Å². The lowest BCUT2D eigenvalue weighted by Gasteiger charge is -2.38. The highest BCUT2D eigenvalue weighted by Crippen LogP contribution is 2.32. The molecule has 3 aromatic rings. The van der Waals surface area contributed by atoms with Crippen LogP contribution in [0.25, 0.3) is 10.9 Å². The smallest absolute Gasteiger partial charge is 0.303 e. The summed E-state index contributed by atoms with van der Waals surface area (Å²) in [6.07, 6.45) is 10.5. The molecular weight excluding hydrogens is 450 g/mol. The second-order valence-corrected chi connectivity index (χ2v) is 9.98. The first-order valence-electron chi connectivity index (χ1n) is 12.0. The van der Waals surface area contributed by atoms with E-state index in [1.54, 1.807) is 31.3 Å². The van der Waals surface area contributed by atoms with Crippen LogP contribution in [-0.2, 0) is 11.2 Å². The molecule has 0 bridgehead atoms. The van der Waals surface area contributed by atoms with E-state index >= 15 is 0 Å². The maximum Gasteiger partial charge on any atom is 0.303 e. The lowest BCUT2D eigenvalue weighted by molar-refractivity contribution is -0.137. The van der Waals surface area contributed by atoms with Gasteiger partial charge in [-0.25, -0.2) is 4.98 Å². The molecule has 34 heavy (non-hydrogen) atoms. The van der Waals surface area contributed by atoms with Crippen LogP contribution < -0.4 is 4.74 Å². The number of methoxy groups -OCH3 is 1. The number of hydrogen-bond donors (Lipinski definition) is 1. The quantitative estimate of drug-likeness (QED) is 0.354. The first-order chi connectivity index (χ1) is 16.6. The van der Waals surface area contributed by atoms with Crippen molar-refractivity contribution in [2.24, 2.45) is 11.8 Å². The lowest BCUT2D eigenvalue weighted by Crippen LogP contribution is -2.41. The van der Waals surface area contributed by atoms with Gasteiger partial charge in [-0.3, -0.25) is 9.78 Å². The number of pyridine rings is 1. The number of aliphatic carboxylic acids is 1. The number of likely N-dealkylation sites (tertiary alicyclic amines) is 1. The Balaban J connectivity index is 1.32. The molecule has 1 aromatic carbocycles. The number of benzene rings is 1. The predicted octanol–water partition coefficient (Wildman–Crippen LogP) is 5.15. The van der Waals surface area contributed by atoms with Crippen LogP contribution in [0.5, 0.6) is 5.75 Å². The van der Waals surface area contributed by atoms with Gasteiger partial charge in [-0.2, -0.15) is 0 Å². The summed E-state index contributed by atoms with van der Waals surface area (Å²) in [5.74, 6) is 2.06. The summed E-state index contributed by atoms with van der Waals surface area (Å²) in [5.41, 5.74) is 2.29. The average molecular weight is 484 g/mol. The van der Waals surface area contributed by atoms with E-state index in [0.29, 0.717) is 17.1 Å². The van der Waals surface area contributed by atoms with Crippen LogP contribution in [0.1, 0.15) is 37.7 Å². The molecule has 0 radical (unpaired) electrons. The van der Waals surface area contributed by atoms with Crippen molar-refractivity contribution in [2.75, 3.05) is 32.5 Å². The SMILES string of the molecule is COc1ccc2nccc(CCCC3CCN(CCSc4ncco4)CC3CCC(=O)O)c2c1. The minimum absolute atomic E-state index is 0.245. The highest BCUT2D eigenvalue weighted by molar-refractivity contribution is 7.99. The second kappa shape index (κ2) is 12.2. The first-order valence-corrected chi connectivity index (χ1v) is 13.0. The topological polar surface area (TPSA) is 88.7 Å². The first kappa shape index (κ1) is 24.5. The van der Waals surface area contributed by atoms with E-state index < -0.39 is 5.97 Å². The fourth-order valence-electron chi connectivity index (χ4n) is 5.00. The number of rotatable bonds is 12. The Bertz CT molecular complexity index is 1060. The highest BCUT2D eigenvalue weighted by atomic mass is 32.2. The number of aromatic nitrogens is 2. The number of aryl methyl sites for hydroxylation is 1. The number of carbonyl (C=O) groups is 1. The standard InChI is InChI=1S/C26H33N3O4S/c1-32-22-6-7-24-23(17-22)20(9-11-27-24)4-2-3-19-10-13-29(18-21(19)5-8-25(30)31)14-16-34-26-28-12-15-33-26/h6-7,9,11-12,15,17,19,21H,2-5,8,10,13-14,16,18H2,1H3,(H,30,31). The van der Waals surface area contributed by atoms with Gasteiger partial charge in [0.2, 0.25) is 0 Å². The molecule has 1 saturated heterocycles. The zero-order valence-corrected chi connectivity index (χ0v) is 20.5. The molecule has 1 aliphatic rings. The van der Waals surface area contributed by atoms with Crippen LogP contribution >= 0.6 is 11.8 Å². The normalized spacial score (nSPS) is 18.9. The number of nitrogens with zero attached hydrogens (tertiary/aromatic N) is 3. The summed E-state index contributed by atoms with van der Waals surface area (Å²) in [5, 5.41) is 11.1. The number of oxazole rings is 1. The van der Waals surface area contributed by atoms with E-state index in [-0.39, 0.29) is 6.42 Å². The molecule has 0 aliphatic carbocycles. The monoisotopic (exact) mass is 483 g/mol. The Morgan fingerprint density at radius 3 is 2.94 bits per heavy atom. The third-order valence-corrected chi connectivity index (χ3v) is 7.64.